The zero-order valence-electron chi connectivity index (χ0n) is 18.0. The Balaban J connectivity index is 1.46. The van der Waals surface area contributed by atoms with Crippen molar-refractivity contribution in [3.63, 3.8) is 0 Å². The summed E-state index contributed by atoms with van der Waals surface area (Å²) in [5, 5.41) is 0. The quantitative estimate of drug-likeness (QED) is 0.696. The molecule has 1 heterocycles. The zero-order valence-corrected chi connectivity index (χ0v) is 18.8. The molecule has 1 aliphatic carbocycles. The van der Waals surface area contributed by atoms with Crippen molar-refractivity contribution >= 4 is 15.7 Å². The molecule has 2 aliphatic rings. The molecule has 1 amide bonds. The van der Waals surface area contributed by atoms with E-state index in [1.54, 1.807) is 20.8 Å². The second-order valence-corrected chi connectivity index (χ2v) is 12.4. The Labute approximate surface area is 175 Å². The molecule has 2 fully saturated rings. The Hall–Kier alpha value is -1.56. The zero-order chi connectivity index (χ0) is 21.1. The Bertz CT molecular complexity index is 781. The molecule has 3 rings (SSSR count). The maximum Gasteiger partial charge on any atom is 0.226 e. The third-order valence-corrected chi connectivity index (χ3v) is 9.02. The predicted molar refractivity (Wildman–Crippen MR) is 116 cm³/mol. The second-order valence-electron chi connectivity index (χ2n) is 9.56. The lowest BCUT2D eigenvalue weighted by atomic mass is 9.98. The van der Waals surface area contributed by atoms with E-state index in [0.29, 0.717) is 25.6 Å². The molecule has 29 heavy (non-hydrogen) atoms. The number of carbonyl (C=O) groups excluding carboxylic acids is 1. The standard InChI is InChI=1S/C23H35NO4S/c1-23(2,3)29(26,27)17-19-12-14-24(15-13-19)22(25)16-18-8-10-21(11-9-18)28-20-6-4-5-7-20/h8-11,19-20H,4-7,12-17H2,1-3H3. The number of hydrogen-bond donors (Lipinski definition) is 0. The van der Waals surface area contributed by atoms with Crippen LogP contribution in [0.2, 0.25) is 0 Å². The average Bonchev–Trinajstić information content (AvgIpc) is 3.16. The van der Waals surface area contributed by atoms with E-state index in [4.69, 9.17) is 4.74 Å². The van der Waals surface area contributed by atoms with Crippen LogP contribution in [0.25, 0.3) is 0 Å². The van der Waals surface area contributed by atoms with Gasteiger partial charge in [-0.25, -0.2) is 8.42 Å². The first-order chi connectivity index (χ1) is 13.6. The molecule has 1 saturated carbocycles. The Morgan fingerprint density at radius 1 is 1.03 bits per heavy atom. The van der Waals surface area contributed by atoms with Crippen LogP contribution in [0.5, 0.6) is 5.75 Å². The third-order valence-electron chi connectivity index (χ3n) is 6.24. The van der Waals surface area contributed by atoms with Gasteiger partial charge in [-0.2, -0.15) is 0 Å². The highest BCUT2D eigenvalue weighted by atomic mass is 32.2. The van der Waals surface area contributed by atoms with Crippen LogP contribution >= 0.6 is 0 Å². The van der Waals surface area contributed by atoms with Crippen LogP contribution in [0, 0.1) is 5.92 Å². The SMILES string of the molecule is CC(C)(C)S(=O)(=O)CC1CCN(C(=O)Cc2ccc(OC3CCCC3)cc2)CC1. The molecular weight excluding hydrogens is 386 g/mol. The van der Waals surface area contributed by atoms with Crippen LogP contribution in [-0.4, -0.2) is 48.9 Å². The highest BCUT2D eigenvalue weighted by Gasteiger charge is 2.33. The molecule has 5 nitrogen and oxygen atoms in total. The minimum Gasteiger partial charge on any atom is -0.490 e. The van der Waals surface area contributed by atoms with Gasteiger partial charge in [0.05, 0.1) is 23.0 Å². The van der Waals surface area contributed by atoms with Gasteiger partial charge in [-0.05, 0) is 82.9 Å². The van der Waals surface area contributed by atoms with E-state index in [-0.39, 0.29) is 17.6 Å². The highest BCUT2D eigenvalue weighted by Crippen LogP contribution is 2.26. The predicted octanol–water partition coefficient (Wildman–Crippen LogP) is 4.00. The van der Waals surface area contributed by atoms with Gasteiger partial charge >= 0.3 is 0 Å². The second kappa shape index (κ2) is 9.07. The molecule has 1 saturated heterocycles. The lowest BCUT2D eigenvalue weighted by Gasteiger charge is -2.33. The molecule has 0 spiro atoms. The summed E-state index contributed by atoms with van der Waals surface area (Å²) in [6.07, 6.45) is 7.00. The van der Waals surface area contributed by atoms with E-state index in [0.717, 1.165) is 37.0 Å². The fourth-order valence-corrected chi connectivity index (χ4v) is 5.53. The summed E-state index contributed by atoms with van der Waals surface area (Å²) in [7, 11) is -3.11. The Kier molecular flexibility index (Phi) is 6.92. The van der Waals surface area contributed by atoms with Crippen molar-refractivity contribution in [1.29, 1.82) is 0 Å². The summed E-state index contributed by atoms with van der Waals surface area (Å²) in [5.41, 5.74) is 0.992. The molecule has 0 unspecified atom stereocenters. The largest absolute Gasteiger partial charge is 0.490 e. The molecule has 1 aromatic rings. The number of hydrogen-bond acceptors (Lipinski definition) is 4. The summed E-state index contributed by atoms with van der Waals surface area (Å²) < 4.78 is 30.1. The average molecular weight is 422 g/mol. The van der Waals surface area contributed by atoms with E-state index in [2.05, 4.69) is 0 Å². The molecule has 0 aromatic heterocycles. The Morgan fingerprint density at radius 3 is 2.17 bits per heavy atom. The van der Waals surface area contributed by atoms with Gasteiger partial charge in [0.2, 0.25) is 5.91 Å². The van der Waals surface area contributed by atoms with Crippen LogP contribution in [0.1, 0.15) is 64.9 Å². The monoisotopic (exact) mass is 421 g/mol. The maximum atomic E-state index is 12.7. The summed E-state index contributed by atoms with van der Waals surface area (Å²) >= 11 is 0. The van der Waals surface area contributed by atoms with Gasteiger partial charge in [-0.1, -0.05) is 12.1 Å². The number of piperidine rings is 1. The molecule has 1 aromatic carbocycles. The number of carbonyl (C=O) groups is 1. The fraction of sp³-hybridized carbons (Fsp3) is 0.696. The summed E-state index contributed by atoms with van der Waals surface area (Å²) in [6.45, 7) is 6.55. The third kappa shape index (κ3) is 5.97. The van der Waals surface area contributed by atoms with Gasteiger partial charge in [-0.3, -0.25) is 4.79 Å². The maximum absolute atomic E-state index is 12.7. The van der Waals surface area contributed by atoms with E-state index in [1.807, 2.05) is 29.2 Å². The summed E-state index contributed by atoms with van der Waals surface area (Å²) in [6, 6.07) is 7.88. The van der Waals surface area contributed by atoms with E-state index in [9.17, 15) is 13.2 Å². The van der Waals surface area contributed by atoms with Crippen molar-refractivity contribution in [2.45, 2.75) is 76.6 Å². The summed E-state index contributed by atoms with van der Waals surface area (Å²) in [5.74, 6) is 1.37. The van der Waals surface area contributed by atoms with Crippen LogP contribution < -0.4 is 4.74 Å². The van der Waals surface area contributed by atoms with Crippen molar-refractivity contribution in [2.24, 2.45) is 5.92 Å². The lowest BCUT2D eigenvalue weighted by molar-refractivity contribution is -0.131. The van der Waals surface area contributed by atoms with Crippen LogP contribution in [-0.2, 0) is 21.1 Å². The minimum absolute atomic E-state index is 0.117. The first-order valence-corrected chi connectivity index (χ1v) is 12.5. The number of ether oxygens (including phenoxy) is 1. The van der Waals surface area contributed by atoms with E-state index >= 15 is 0 Å². The highest BCUT2D eigenvalue weighted by molar-refractivity contribution is 7.92. The van der Waals surface area contributed by atoms with Gasteiger partial charge in [0.1, 0.15) is 5.75 Å². The van der Waals surface area contributed by atoms with Gasteiger partial charge in [-0.15, -0.1) is 0 Å². The van der Waals surface area contributed by atoms with Gasteiger partial charge in [0.15, 0.2) is 9.84 Å². The first kappa shape index (κ1) is 22.1. The molecular formula is C23H35NO4S. The molecule has 0 N–H and O–H groups in total. The number of sulfone groups is 1. The number of nitrogens with zero attached hydrogens (tertiary/aromatic N) is 1. The van der Waals surface area contributed by atoms with Gasteiger partial charge in [0, 0.05) is 13.1 Å². The molecule has 1 aliphatic heterocycles. The van der Waals surface area contributed by atoms with Crippen LogP contribution in [0.15, 0.2) is 24.3 Å². The molecule has 0 radical (unpaired) electrons. The van der Waals surface area contributed by atoms with Gasteiger partial charge < -0.3 is 9.64 Å². The van der Waals surface area contributed by atoms with Crippen molar-refractivity contribution in [3.8, 4) is 5.75 Å². The number of rotatable bonds is 6. The molecule has 0 atom stereocenters. The number of amides is 1. The minimum atomic E-state index is -3.11. The lowest BCUT2D eigenvalue weighted by Crippen LogP contribution is -2.42. The Morgan fingerprint density at radius 2 is 1.62 bits per heavy atom. The van der Waals surface area contributed by atoms with Crippen molar-refractivity contribution in [1.82, 2.24) is 4.90 Å². The van der Waals surface area contributed by atoms with E-state index < -0.39 is 14.6 Å². The topological polar surface area (TPSA) is 63.7 Å². The first-order valence-electron chi connectivity index (χ1n) is 10.9. The van der Waals surface area contributed by atoms with E-state index in [1.165, 1.54) is 12.8 Å². The fourth-order valence-electron chi connectivity index (χ4n) is 4.08. The van der Waals surface area contributed by atoms with Gasteiger partial charge in [0.25, 0.3) is 0 Å². The normalized spacial score (nSPS) is 19.5. The summed E-state index contributed by atoms with van der Waals surface area (Å²) in [4.78, 5) is 14.5. The molecule has 6 heteroatoms. The van der Waals surface area contributed by atoms with Crippen LogP contribution in [0.3, 0.4) is 0 Å². The van der Waals surface area contributed by atoms with Crippen LogP contribution in [0.4, 0.5) is 0 Å². The number of likely N-dealkylation sites (tertiary alicyclic amines) is 1. The number of benzene rings is 1. The van der Waals surface area contributed by atoms with Crippen molar-refractivity contribution < 1.29 is 17.9 Å². The van der Waals surface area contributed by atoms with Crippen molar-refractivity contribution in [2.75, 3.05) is 18.8 Å². The smallest absolute Gasteiger partial charge is 0.226 e. The molecule has 162 valence electrons. The van der Waals surface area contributed by atoms with Crippen molar-refractivity contribution in [3.05, 3.63) is 29.8 Å². The molecule has 0 bridgehead atoms.